The first-order valence-electron chi connectivity index (χ1n) is 3.31. The van der Waals surface area contributed by atoms with E-state index < -0.39 is 33.0 Å². The first kappa shape index (κ1) is 10.4. The summed E-state index contributed by atoms with van der Waals surface area (Å²) in [6.07, 6.45) is 0. The third kappa shape index (κ3) is 1.64. The first-order valence-corrected chi connectivity index (χ1v) is 3.68. The predicted molar refractivity (Wildman–Crippen MR) is 45.0 cm³/mol. The van der Waals surface area contributed by atoms with Gasteiger partial charge in [0.25, 0.3) is 0 Å². The molecule has 1 aromatic carbocycles. The number of hydrogen-bond donors (Lipinski definition) is 1. The minimum Gasteiger partial charge on any atom is -0.478 e. The molecule has 0 aliphatic rings. The van der Waals surface area contributed by atoms with Crippen molar-refractivity contribution >= 4 is 23.3 Å². The van der Waals surface area contributed by atoms with E-state index in [9.17, 15) is 19.3 Å². The molecule has 0 spiro atoms. The van der Waals surface area contributed by atoms with Gasteiger partial charge in [0.05, 0.1) is 10.5 Å². The van der Waals surface area contributed by atoms with Gasteiger partial charge in [-0.2, -0.15) is 4.39 Å². The molecule has 14 heavy (non-hydrogen) atoms. The minimum atomic E-state index is -1.45. The Bertz CT molecular complexity index is 420. The van der Waals surface area contributed by atoms with E-state index in [-0.39, 0.29) is 0 Å². The van der Waals surface area contributed by atoms with Gasteiger partial charge in [-0.05, 0) is 12.1 Å². The van der Waals surface area contributed by atoms with Crippen LogP contribution in [0.15, 0.2) is 12.1 Å². The Kier molecular flexibility index (Phi) is 2.66. The molecule has 0 aromatic heterocycles. The second-order valence-corrected chi connectivity index (χ2v) is 2.70. The number of nitrogens with zero attached hydrogens (tertiary/aromatic N) is 1. The molecule has 0 saturated heterocycles. The van der Waals surface area contributed by atoms with E-state index in [0.29, 0.717) is 6.07 Å². The molecule has 0 aliphatic carbocycles. The van der Waals surface area contributed by atoms with Crippen molar-refractivity contribution in [3.8, 4) is 0 Å². The van der Waals surface area contributed by atoms with Crippen LogP contribution in [-0.2, 0) is 0 Å². The number of nitro benzene ring substituents is 1. The number of carboxylic acid groups (broad SMARTS) is 1. The molecule has 0 heterocycles. The Hall–Kier alpha value is -1.69. The molecule has 7 heteroatoms. The van der Waals surface area contributed by atoms with Crippen molar-refractivity contribution in [3.63, 3.8) is 0 Å². The molecule has 74 valence electrons. The molecule has 0 unspecified atom stereocenters. The highest BCUT2D eigenvalue weighted by Crippen LogP contribution is 2.30. The molecule has 1 aromatic rings. The molecule has 0 aliphatic heterocycles. The topological polar surface area (TPSA) is 80.4 Å². The van der Waals surface area contributed by atoms with Gasteiger partial charge in [0.1, 0.15) is 5.02 Å². The monoisotopic (exact) mass is 219 g/mol. The second kappa shape index (κ2) is 3.59. The third-order valence-electron chi connectivity index (χ3n) is 1.48. The standard InChI is InChI=1S/C7H3ClFNO4/c8-5-3(7(11)12)1-2-4(9)6(5)10(13)14/h1-2H,(H,11,12). The van der Waals surface area contributed by atoms with Crippen LogP contribution in [0.2, 0.25) is 5.02 Å². The molecule has 0 bridgehead atoms. The van der Waals surface area contributed by atoms with Crippen molar-refractivity contribution in [1.82, 2.24) is 0 Å². The summed E-state index contributed by atoms with van der Waals surface area (Å²) in [4.78, 5) is 19.7. The molecule has 0 saturated carbocycles. The smallest absolute Gasteiger partial charge is 0.337 e. The lowest BCUT2D eigenvalue weighted by atomic mass is 10.2. The molecule has 1 rings (SSSR count). The Morgan fingerprint density at radius 2 is 2.14 bits per heavy atom. The highest BCUT2D eigenvalue weighted by molar-refractivity contribution is 6.35. The van der Waals surface area contributed by atoms with Crippen molar-refractivity contribution < 1.29 is 19.2 Å². The minimum absolute atomic E-state index is 0.500. The quantitative estimate of drug-likeness (QED) is 0.610. The van der Waals surface area contributed by atoms with Crippen LogP contribution in [0, 0.1) is 15.9 Å². The van der Waals surface area contributed by atoms with Crippen LogP contribution in [-0.4, -0.2) is 16.0 Å². The van der Waals surface area contributed by atoms with Crippen molar-refractivity contribution in [3.05, 3.63) is 38.7 Å². The number of benzene rings is 1. The summed E-state index contributed by atoms with van der Waals surface area (Å²) in [6.45, 7) is 0. The molecule has 5 nitrogen and oxygen atoms in total. The maximum Gasteiger partial charge on any atom is 0.337 e. The molecular formula is C7H3ClFNO4. The summed E-state index contributed by atoms with van der Waals surface area (Å²) < 4.78 is 12.8. The number of carboxylic acids is 1. The summed E-state index contributed by atoms with van der Waals surface area (Å²) in [6, 6.07) is 1.56. The third-order valence-corrected chi connectivity index (χ3v) is 1.86. The summed E-state index contributed by atoms with van der Waals surface area (Å²) >= 11 is 5.34. The highest BCUT2D eigenvalue weighted by Gasteiger charge is 2.24. The van der Waals surface area contributed by atoms with E-state index >= 15 is 0 Å². The molecule has 1 N–H and O–H groups in total. The average molecular weight is 220 g/mol. The van der Waals surface area contributed by atoms with Crippen molar-refractivity contribution in [2.75, 3.05) is 0 Å². The fourth-order valence-corrected chi connectivity index (χ4v) is 1.18. The average Bonchev–Trinajstić information content (AvgIpc) is 2.02. The lowest BCUT2D eigenvalue weighted by molar-refractivity contribution is -0.387. The van der Waals surface area contributed by atoms with Crippen LogP contribution in [0.1, 0.15) is 10.4 Å². The molecule has 0 amide bonds. The van der Waals surface area contributed by atoms with Gasteiger partial charge in [-0.15, -0.1) is 0 Å². The summed E-state index contributed by atoms with van der Waals surface area (Å²) in [5, 5.41) is 18.1. The van der Waals surface area contributed by atoms with E-state index in [1.807, 2.05) is 0 Å². The predicted octanol–water partition coefficient (Wildman–Crippen LogP) is 2.09. The van der Waals surface area contributed by atoms with Gasteiger partial charge in [-0.25, -0.2) is 4.79 Å². The molecular weight excluding hydrogens is 217 g/mol. The van der Waals surface area contributed by atoms with Gasteiger partial charge < -0.3 is 5.11 Å². The Labute approximate surface area is 81.9 Å². The van der Waals surface area contributed by atoms with E-state index in [1.54, 1.807) is 0 Å². The lowest BCUT2D eigenvalue weighted by Crippen LogP contribution is -2.02. The van der Waals surface area contributed by atoms with Crippen LogP contribution >= 0.6 is 11.6 Å². The lowest BCUT2D eigenvalue weighted by Gasteiger charge is -2.00. The second-order valence-electron chi connectivity index (χ2n) is 2.32. The normalized spacial score (nSPS) is 9.86. The fourth-order valence-electron chi connectivity index (χ4n) is 0.874. The van der Waals surface area contributed by atoms with Gasteiger partial charge in [-0.3, -0.25) is 10.1 Å². The van der Waals surface area contributed by atoms with E-state index in [4.69, 9.17) is 16.7 Å². The van der Waals surface area contributed by atoms with Crippen LogP contribution in [0.3, 0.4) is 0 Å². The largest absolute Gasteiger partial charge is 0.478 e. The van der Waals surface area contributed by atoms with E-state index in [2.05, 4.69) is 0 Å². The Balaban J connectivity index is 3.49. The molecule has 0 atom stereocenters. The van der Waals surface area contributed by atoms with Crippen molar-refractivity contribution in [2.45, 2.75) is 0 Å². The van der Waals surface area contributed by atoms with Gasteiger partial charge in [-0.1, -0.05) is 11.6 Å². The SMILES string of the molecule is O=C(O)c1ccc(F)c([N+](=O)[O-])c1Cl. The van der Waals surface area contributed by atoms with Gasteiger partial charge >= 0.3 is 11.7 Å². The zero-order valence-electron chi connectivity index (χ0n) is 6.53. The Morgan fingerprint density at radius 1 is 1.57 bits per heavy atom. The molecule has 0 radical (unpaired) electrons. The van der Waals surface area contributed by atoms with E-state index in [0.717, 1.165) is 6.07 Å². The van der Waals surface area contributed by atoms with Crippen LogP contribution in [0.5, 0.6) is 0 Å². The highest BCUT2D eigenvalue weighted by atomic mass is 35.5. The molecule has 0 fully saturated rings. The number of aromatic carboxylic acids is 1. The van der Waals surface area contributed by atoms with Gasteiger partial charge in [0.15, 0.2) is 0 Å². The first-order chi connectivity index (χ1) is 6.45. The fraction of sp³-hybridized carbons (Fsp3) is 0. The van der Waals surface area contributed by atoms with Crippen LogP contribution < -0.4 is 0 Å². The number of hydrogen-bond acceptors (Lipinski definition) is 3. The summed E-state index contributed by atoms with van der Waals surface area (Å²) in [5.74, 6) is -2.61. The zero-order valence-corrected chi connectivity index (χ0v) is 7.29. The number of rotatable bonds is 2. The van der Waals surface area contributed by atoms with Gasteiger partial charge in [0.2, 0.25) is 5.82 Å². The summed E-state index contributed by atoms with van der Waals surface area (Å²) in [7, 11) is 0. The van der Waals surface area contributed by atoms with Crippen LogP contribution in [0.25, 0.3) is 0 Å². The van der Waals surface area contributed by atoms with Gasteiger partial charge in [0, 0.05) is 0 Å². The van der Waals surface area contributed by atoms with Crippen LogP contribution in [0.4, 0.5) is 10.1 Å². The zero-order chi connectivity index (χ0) is 10.9. The van der Waals surface area contributed by atoms with Crippen molar-refractivity contribution in [1.29, 1.82) is 0 Å². The maximum atomic E-state index is 12.8. The number of nitro groups is 1. The number of halogens is 2. The Morgan fingerprint density at radius 3 is 2.57 bits per heavy atom. The van der Waals surface area contributed by atoms with E-state index in [1.165, 1.54) is 0 Å². The summed E-state index contributed by atoms with van der Waals surface area (Å²) in [5.41, 5.74) is -1.52. The van der Waals surface area contributed by atoms with Crippen molar-refractivity contribution in [2.24, 2.45) is 0 Å². The maximum absolute atomic E-state index is 12.8. The number of carbonyl (C=O) groups is 1.